The minimum Gasteiger partial charge on any atom is -0.361 e. The number of para-hydroxylation sites is 2. The Morgan fingerprint density at radius 1 is 1.14 bits per heavy atom. The molecule has 0 bridgehead atoms. The highest BCUT2D eigenvalue weighted by Gasteiger charge is 2.24. The van der Waals surface area contributed by atoms with Crippen molar-refractivity contribution in [3.05, 3.63) is 65.4 Å². The zero-order valence-corrected chi connectivity index (χ0v) is 16.8. The van der Waals surface area contributed by atoms with Crippen LogP contribution in [0.3, 0.4) is 0 Å². The third-order valence-electron chi connectivity index (χ3n) is 6.02. The van der Waals surface area contributed by atoms with Gasteiger partial charge in [-0.1, -0.05) is 43.3 Å². The van der Waals surface area contributed by atoms with Crippen LogP contribution in [-0.2, 0) is 11.2 Å². The average molecular weight is 376 g/mol. The van der Waals surface area contributed by atoms with Gasteiger partial charge in [-0.3, -0.25) is 9.69 Å². The van der Waals surface area contributed by atoms with Crippen molar-refractivity contribution in [3.8, 4) is 0 Å². The summed E-state index contributed by atoms with van der Waals surface area (Å²) in [5.41, 5.74) is 5.96. The fraction of sp³-hybridized carbons (Fsp3) is 0.375. The highest BCUT2D eigenvalue weighted by molar-refractivity contribution is 5.93. The molecule has 0 saturated carbocycles. The maximum atomic E-state index is 12.6. The first-order chi connectivity index (χ1) is 13.7. The molecule has 1 saturated heterocycles. The molecule has 4 heteroatoms. The number of nitrogens with zero attached hydrogens (tertiary/aromatic N) is 1. The first-order valence-corrected chi connectivity index (χ1v) is 10.3. The molecule has 1 fully saturated rings. The van der Waals surface area contributed by atoms with Crippen LogP contribution in [0.5, 0.6) is 0 Å². The van der Waals surface area contributed by atoms with Crippen LogP contribution in [0.25, 0.3) is 10.9 Å². The Morgan fingerprint density at radius 2 is 1.93 bits per heavy atom. The number of anilines is 1. The summed E-state index contributed by atoms with van der Waals surface area (Å²) in [4.78, 5) is 18.3. The lowest BCUT2D eigenvalue weighted by Crippen LogP contribution is -2.38. The van der Waals surface area contributed by atoms with E-state index in [1.54, 1.807) is 0 Å². The number of piperidine rings is 1. The van der Waals surface area contributed by atoms with Gasteiger partial charge in [0.1, 0.15) is 0 Å². The molecule has 3 aromatic rings. The Balaban J connectivity index is 1.35. The van der Waals surface area contributed by atoms with E-state index in [1.165, 1.54) is 22.0 Å². The first kappa shape index (κ1) is 18.8. The molecule has 1 aromatic heterocycles. The lowest BCUT2D eigenvalue weighted by atomic mass is 9.89. The van der Waals surface area contributed by atoms with Gasteiger partial charge in [0.2, 0.25) is 5.91 Å². The Bertz CT molecular complexity index is 967. The first-order valence-electron chi connectivity index (χ1n) is 10.3. The van der Waals surface area contributed by atoms with E-state index < -0.39 is 0 Å². The number of fused-ring (bicyclic) bond motifs is 1. The van der Waals surface area contributed by atoms with Crippen LogP contribution in [-0.4, -0.2) is 35.4 Å². The average Bonchev–Trinajstić information content (AvgIpc) is 3.14. The number of likely N-dealkylation sites (tertiary alicyclic amines) is 1. The van der Waals surface area contributed by atoms with E-state index in [0.29, 0.717) is 12.5 Å². The van der Waals surface area contributed by atoms with Crippen molar-refractivity contribution in [3.63, 3.8) is 0 Å². The molecule has 1 amide bonds. The second-order valence-electron chi connectivity index (χ2n) is 7.85. The second-order valence-corrected chi connectivity index (χ2v) is 7.85. The van der Waals surface area contributed by atoms with Crippen LogP contribution in [0.2, 0.25) is 0 Å². The van der Waals surface area contributed by atoms with Crippen LogP contribution in [0.4, 0.5) is 5.69 Å². The number of aromatic amines is 1. The van der Waals surface area contributed by atoms with Crippen LogP contribution in [0.1, 0.15) is 42.4 Å². The van der Waals surface area contributed by atoms with Gasteiger partial charge in [-0.05, 0) is 68.0 Å². The van der Waals surface area contributed by atoms with Crippen molar-refractivity contribution in [2.75, 3.05) is 25.0 Å². The summed E-state index contributed by atoms with van der Waals surface area (Å²) in [6, 6.07) is 14.7. The van der Waals surface area contributed by atoms with E-state index >= 15 is 0 Å². The minimum atomic E-state index is 0.0922. The highest BCUT2D eigenvalue weighted by Crippen LogP contribution is 2.33. The monoisotopic (exact) mass is 375 g/mol. The predicted molar refractivity (Wildman–Crippen MR) is 116 cm³/mol. The van der Waals surface area contributed by atoms with Gasteiger partial charge in [0.25, 0.3) is 0 Å². The zero-order valence-electron chi connectivity index (χ0n) is 16.8. The van der Waals surface area contributed by atoms with E-state index in [1.807, 2.05) is 0 Å². The van der Waals surface area contributed by atoms with Crippen LogP contribution in [0, 0.1) is 6.92 Å². The molecule has 4 rings (SSSR count). The maximum Gasteiger partial charge on any atom is 0.238 e. The normalized spacial score (nSPS) is 15.8. The number of H-pyrrole nitrogens is 1. The molecule has 4 nitrogen and oxygen atoms in total. The van der Waals surface area contributed by atoms with Crippen molar-refractivity contribution in [1.82, 2.24) is 9.88 Å². The molecule has 0 aliphatic carbocycles. The number of carbonyl (C=O) groups excluding carboxylic acids is 1. The van der Waals surface area contributed by atoms with Crippen molar-refractivity contribution >= 4 is 22.5 Å². The second kappa shape index (κ2) is 8.19. The van der Waals surface area contributed by atoms with Crippen molar-refractivity contribution in [2.24, 2.45) is 0 Å². The quantitative estimate of drug-likeness (QED) is 0.669. The predicted octanol–water partition coefficient (Wildman–Crippen LogP) is 4.86. The van der Waals surface area contributed by atoms with Gasteiger partial charge < -0.3 is 10.3 Å². The molecule has 0 atom stereocenters. The SMILES string of the molecule is CCc1cccc(C)c1NC(=O)CN1CCC(c2c[nH]c3ccccc23)CC1. The number of benzene rings is 2. The summed E-state index contributed by atoms with van der Waals surface area (Å²) in [6.45, 7) is 6.58. The van der Waals surface area contributed by atoms with Gasteiger partial charge in [0.05, 0.1) is 6.54 Å². The number of nitrogens with one attached hydrogen (secondary N) is 2. The zero-order chi connectivity index (χ0) is 19.5. The van der Waals surface area contributed by atoms with Crippen LogP contribution < -0.4 is 5.32 Å². The fourth-order valence-electron chi connectivity index (χ4n) is 4.42. The number of rotatable bonds is 5. The Hall–Kier alpha value is -2.59. The summed E-state index contributed by atoms with van der Waals surface area (Å²) in [6.07, 6.45) is 5.29. The number of aromatic nitrogens is 1. The maximum absolute atomic E-state index is 12.6. The molecule has 28 heavy (non-hydrogen) atoms. The topological polar surface area (TPSA) is 48.1 Å². The summed E-state index contributed by atoms with van der Waals surface area (Å²) < 4.78 is 0. The molecular weight excluding hydrogens is 346 g/mol. The number of amides is 1. The summed E-state index contributed by atoms with van der Waals surface area (Å²) in [5, 5.41) is 4.49. The van der Waals surface area contributed by atoms with Gasteiger partial charge in [0, 0.05) is 22.8 Å². The summed E-state index contributed by atoms with van der Waals surface area (Å²) in [7, 11) is 0. The van der Waals surface area contributed by atoms with Crippen molar-refractivity contribution in [1.29, 1.82) is 0 Å². The van der Waals surface area contributed by atoms with E-state index in [4.69, 9.17) is 0 Å². The smallest absolute Gasteiger partial charge is 0.238 e. The van der Waals surface area contributed by atoms with E-state index in [-0.39, 0.29) is 5.91 Å². The lowest BCUT2D eigenvalue weighted by molar-refractivity contribution is -0.117. The van der Waals surface area contributed by atoms with Gasteiger partial charge in [-0.2, -0.15) is 0 Å². The molecule has 0 spiro atoms. The lowest BCUT2D eigenvalue weighted by Gasteiger charge is -2.31. The van der Waals surface area contributed by atoms with Gasteiger partial charge in [-0.15, -0.1) is 0 Å². The largest absolute Gasteiger partial charge is 0.361 e. The molecule has 2 heterocycles. The summed E-state index contributed by atoms with van der Waals surface area (Å²) >= 11 is 0. The van der Waals surface area contributed by atoms with E-state index in [9.17, 15) is 4.79 Å². The number of aryl methyl sites for hydroxylation is 2. The Labute approximate surface area is 166 Å². The van der Waals surface area contributed by atoms with Crippen molar-refractivity contribution in [2.45, 2.75) is 39.0 Å². The van der Waals surface area contributed by atoms with Gasteiger partial charge >= 0.3 is 0 Å². The summed E-state index contributed by atoms with van der Waals surface area (Å²) in [5.74, 6) is 0.660. The molecule has 2 N–H and O–H groups in total. The molecule has 2 aromatic carbocycles. The standard InChI is InChI=1S/C24H29N3O/c1-3-18-8-6-7-17(2)24(18)26-23(28)16-27-13-11-19(12-14-27)21-15-25-22-10-5-4-9-20(21)22/h4-10,15,19,25H,3,11-14,16H2,1-2H3,(H,26,28). The number of carbonyl (C=O) groups is 1. The van der Waals surface area contributed by atoms with Crippen LogP contribution >= 0.6 is 0 Å². The molecular formula is C24H29N3O. The molecule has 146 valence electrons. The molecule has 1 aliphatic heterocycles. The van der Waals surface area contributed by atoms with Gasteiger partial charge in [-0.25, -0.2) is 0 Å². The number of hydrogen-bond donors (Lipinski definition) is 2. The van der Waals surface area contributed by atoms with E-state index in [2.05, 4.69) is 77.7 Å². The fourth-order valence-corrected chi connectivity index (χ4v) is 4.42. The minimum absolute atomic E-state index is 0.0922. The third kappa shape index (κ3) is 3.83. The molecule has 1 aliphatic rings. The number of hydrogen-bond acceptors (Lipinski definition) is 2. The van der Waals surface area contributed by atoms with Crippen molar-refractivity contribution < 1.29 is 4.79 Å². The van der Waals surface area contributed by atoms with E-state index in [0.717, 1.165) is 43.6 Å². The Morgan fingerprint density at radius 3 is 2.71 bits per heavy atom. The van der Waals surface area contributed by atoms with Gasteiger partial charge in [0.15, 0.2) is 0 Å². The third-order valence-corrected chi connectivity index (χ3v) is 6.02. The Kier molecular flexibility index (Phi) is 5.49. The highest BCUT2D eigenvalue weighted by atomic mass is 16.2. The van der Waals surface area contributed by atoms with Crippen LogP contribution in [0.15, 0.2) is 48.7 Å². The molecule has 0 radical (unpaired) electrons. The molecule has 0 unspecified atom stereocenters.